The van der Waals surface area contributed by atoms with Gasteiger partial charge in [0.2, 0.25) is 0 Å². The number of H-pyrrole nitrogens is 1. The maximum absolute atomic E-state index is 9.57. The highest BCUT2D eigenvalue weighted by molar-refractivity contribution is 5.83. The average Bonchev–Trinajstić information content (AvgIpc) is 2.72. The zero-order valence-corrected chi connectivity index (χ0v) is 9.19. The summed E-state index contributed by atoms with van der Waals surface area (Å²) in [4.78, 5) is 3.30. The van der Waals surface area contributed by atoms with Crippen LogP contribution in [0.4, 0.5) is 0 Å². The normalized spacial score (nSPS) is 22.7. The number of hydrogen-bond acceptors (Lipinski definition) is 2. The van der Waals surface area contributed by atoms with Crippen LogP contribution in [0.5, 0.6) is 0 Å². The van der Waals surface area contributed by atoms with Gasteiger partial charge in [0.05, 0.1) is 0 Å². The lowest BCUT2D eigenvalue weighted by Crippen LogP contribution is -2.31. The van der Waals surface area contributed by atoms with Crippen molar-refractivity contribution in [2.75, 3.05) is 13.1 Å². The van der Waals surface area contributed by atoms with Crippen LogP contribution in [0.3, 0.4) is 0 Å². The highest BCUT2D eigenvalue weighted by atomic mass is 16.5. The molecule has 3 nitrogen and oxygen atoms in total. The molecule has 2 aromatic rings. The first kappa shape index (κ1) is 9.87. The van der Waals surface area contributed by atoms with Crippen LogP contribution in [0.15, 0.2) is 30.5 Å². The second-order valence-electron chi connectivity index (χ2n) is 4.54. The Bertz CT molecular complexity index is 491. The molecule has 0 radical (unpaired) electrons. The van der Waals surface area contributed by atoms with E-state index in [4.69, 9.17) is 0 Å². The SMILES string of the molecule is ON1CCCC(c2c[nH]c3ccccc23)C1. The summed E-state index contributed by atoms with van der Waals surface area (Å²) in [5.41, 5.74) is 2.53. The van der Waals surface area contributed by atoms with Gasteiger partial charge in [-0.3, -0.25) is 0 Å². The quantitative estimate of drug-likeness (QED) is 0.769. The summed E-state index contributed by atoms with van der Waals surface area (Å²) in [5.74, 6) is 0.454. The van der Waals surface area contributed by atoms with E-state index in [1.807, 2.05) is 6.07 Å². The van der Waals surface area contributed by atoms with Gasteiger partial charge in [-0.15, -0.1) is 0 Å². The van der Waals surface area contributed by atoms with Crippen molar-refractivity contribution in [1.82, 2.24) is 10.0 Å². The molecule has 84 valence electrons. The molecule has 0 spiro atoms. The van der Waals surface area contributed by atoms with Gasteiger partial charge in [0.25, 0.3) is 0 Å². The third kappa shape index (κ3) is 1.62. The highest BCUT2D eigenvalue weighted by Gasteiger charge is 2.22. The topological polar surface area (TPSA) is 39.3 Å². The van der Waals surface area contributed by atoms with Crippen molar-refractivity contribution in [3.63, 3.8) is 0 Å². The van der Waals surface area contributed by atoms with Gasteiger partial charge < -0.3 is 10.2 Å². The van der Waals surface area contributed by atoms with E-state index in [0.717, 1.165) is 19.5 Å². The Hall–Kier alpha value is -1.32. The first-order valence-corrected chi connectivity index (χ1v) is 5.84. The van der Waals surface area contributed by atoms with Crippen LogP contribution < -0.4 is 0 Å². The first-order chi connectivity index (χ1) is 7.84. The molecule has 2 N–H and O–H groups in total. The summed E-state index contributed by atoms with van der Waals surface area (Å²) < 4.78 is 0. The highest BCUT2D eigenvalue weighted by Crippen LogP contribution is 2.31. The molecule has 1 aromatic carbocycles. The molecule has 16 heavy (non-hydrogen) atoms. The summed E-state index contributed by atoms with van der Waals surface area (Å²) in [6, 6.07) is 8.36. The maximum Gasteiger partial charge on any atom is 0.0456 e. The molecule has 0 saturated carbocycles. The van der Waals surface area contributed by atoms with Crippen molar-refractivity contribution in [2.24, 2.45) is 0 Å². The fourth-order valence-corrected chi connectivity index (χ4v) is 2.64. The van der Waals surface area contributed by atoms with E-state index < -0.39 is 0 Å². The fourth-order valence-electron chi connectivity index (χ4n) is 2.64. The van der Waals surface area contributed by atoms with Crippen LogP contribution in [0.1, 0.15) is 24.3 Å². The largest absolute Gasteiger partial charge is 0.361 e. The van der Waals surface area contributed by atoms with Gasteiger partial charge in [0.15, 0.2) is 0 Å². The molecule has 1 unspecified atom stereocenters. The molecule has 1 aliphatic heterocycles. The number of hydrogen-bond donors (Lipinski definition) is 2. The molecule has 1 aliphatic rings. The number of nitrogens with one attached hydrogen (secondary N) is 1. The number of piperidine rings is 1. The summed E-state index contributed by atoms with van der Waals surface area (Å²) in [5, 5.41) is 12.3. The summed E-state index contributed by atoms with van der Waals surface area (Å²) in [6.45, 7) is 1.56. The van der Waals surface area contributed by atoms with E-state index in [0.29, 0.717) is 5.92 Å². The monoisotopic (exact) mass is 216 g/mol. The number of benzene rings is 1. The van der Waals surface area contributed by atoms with Crippen molar-refractivity contribution in [2.45, 2.75) is 18.8 Å². The number of rotatable bonds is 1. The molecule has 0 amide bonds. The lowest BCUT2D eigenvalue weighted by Gasteiger charge is -2.27. The fraction of sp³-hybridized carbons (Fsp3) is 0.385. The second-order valence-corrected chi connectivity index (χ2v) is 4.54. The predicted molar refractivity (Wildman–Crippen MR) is 63.6 cm³/mol. The minimum atomic E-state index is 0.454. The van der Waals surface area contributed by atoms with Crippen LogP contribution in [-0.2, 0) is 0 Å². The lowest BCUT2D eigenvalue weighted by molar-refractivity contribution is -0.108. The van der Waals surface area contributed by atoms with E-state index in [2.05, 4.69) is 29.4 Å². The van der Waals surface area contributed by atoms with Crippen molar-refractivity contribution in [3.05, 3.63) is 36.0 Å². The smallest absolute Gasteiger partial charge is 0.0456 e. The molecule has 0 bridgehead atoms. The first-order valence-electron chi connectivity index (χ1n) is 5.84. The van der Waals surface area contributed by atoms with E-state index in [-0.39, 0.29) is 0 Å². The van der Waals surface area contributed by atoms with Crippen molar-refractivity contribution < 1.29 is 5.21 Å². The zero-order chi connectivity index (χ0) is 11.0. The van der Waals surface area contributed by atoms with Crippen LogP contribution in [0.2, 0.25) is 0 Å². The lowest BCUT2D eigenvalue weighted by atomic mass is 9.91. The van der Waals surface area contributed by atoms with Crippen molar-refractivity contribution in [1.29, 1.82) is 0 Å². The van der Waals surface area contributed by atoms with E-state index in [1.165, 1.54) is 28.0 Å². The molecular weight excluding hydrogens is 200 g/mol. The molecule has 3 heteroatoms. The van der Waals surface area contributed by atoms with Gasteiger partial charge in [-0.1, -0.05) is 18.2 Å². The van der Waals surface area contributed by atoms with Crippen LogP contribution in [-0.4, -0.2) is 28.3 Å². The Kier molecular flexibility index (Phi) is 2.42. The number of aromatic nitrogens is 1. The molecule has 1 aromatic heterocycles. The minimum absolute atomic E-state index is 0.454. The van der Waals surface area contributed by atoms with Crippen LogP contribution in [0.25, 0.3) is 10.9 Å². The number of fused-ring (bicyclic) bond motifs is 1. The summed E-state index contributed by atoms with van der Waals surface area (Å²) >= 11 is 0. The molecular formula is C13H16N2O. The standard InChI is InChI=1S/C13H16N2O/c16-15-7-3-4-10(9-15)12-8-14-13-6-2-1-5-11(12)13/h1-2,5-6,8,10,14,16H,3-4,7,9H2. The number of aromatic amines is 1. The second kappa shape index (κ2) is 3.92. The Morgan fingerprint density at radius 2 is 2.19 bits per heavy atom. The Morgan fingerprint density at radius 1 is 1.31 bits per heavy atom. The van der Waals surface area contributed by atoms with E-state index in [1.54, 1.807) is 0 Å². The zero-order valence-electron chi connectivity index (χ0n) is 9.19. The number of hydroxylamine groups is 2. The van der Waals surface area contributed by atoms with E-state index >= 15 is 0 Å². The molecule has 0 aliphatic carbocycles. The van der Waals surface area contributed by atoms with Gasteiger partial charge in [0.1, 0.15) is 0 Å². The van der Waals surface area contributed by atoms with Gasteiger partial charge in [-0.25, -0.2) is 0 Å². The Morgan fingerprint density at radius 3 is 3.06 bits per heavy atom. The molecule has 1 atom stereocenters. The van der Waals surface area contributed by atoms with Crippen molar-refractivity contribution >= 4 is 10.9 Å². The van der Waals surface area contributed by atoms with Gasteiger partial charge >= 0.3 is 0 Å². The van der Waals surface area contributed by atoms with Gasteiger partial charge in [-0.2, -0.15) is 5.06 Å². The molecule has 2 heterocycles. The van der Waals surface area contributed by atoms with Gasteiger partial charge in [-0.05, 0) is 24.5 Å². The van der Waals surface area contributed by atoms with Crippen molar-refractivity contribution in [3.8, 4) is 0 Å². The third-order valence-corrected chi connectivity index (χ3v) is 3.46. The maximum atomic E-state index is 9.57. The van der Waals surface area contributed by atoms with Gasteiger partial charge in [0, 0.05) is 36.1 Å². The minimum Gasteiger partial charge on any atom is -0.361 e. The summed E-state index contributed by atoms with van der Waals surface area (Å²) in [7, 11) is 0. The third-order valence-electron chi connectivity index (χ3n) is 3.46. The van der Waals surface area contributed by atoms with E-state index in [9.17, 15) is 5.21 Å². The van der Waals surface area contributed by atoms with Crippen LogP contribution >= 0.6 is 0 Å². The Balaban J connectivity index is 1.99. The Labute approximate surface area is 94.6 Å². The summed E-state index contributed by atoms with van der Waals surface area (Å²) in [6.07, 6.45) is 4.33. The molecule has 1 fully saturated rings. The molecule has 3 rings (SSSR count). The molecule has 1 saturated heterocycles. The van der Waals surface area contributed by atoms with Crippen LogP contribution in [0, 0.1) is 0 Å². The number of para-hydroxylation sites is 1. The predicted octanol–water partition coefficient (Wildman–Crippen LogP) is 2.74. The number of nitrogens with zero attached hydrogens (tertiary/aromatic N) is 1. The average molecular weight is 216 g/mol.